The molecule has 3 aromatic rings. The molecule has 0 aliphatic heterocycles. The lowest BCUT2D eigenvalue weighted by Crippen LogP contribution is -2.14. The monoisotopic (exact) mass is 272 g/mol. The quantitative estimate of drug-likeness (QED) is 0.796. The third kappa shape index (κ3) is 2.01. The molecule has 1 N–H and O–H groups in total. The van der Waals surface area contributed by atoms with Crippen LogP contribution in [0, 0.1) is 5.82 Å². The summed E-state index contributed by atoms with van der Waals surface area (Å²) >= 11 is 0. The van der Waals surface area contributed by atoms with Crippen LogP contribution in [0.15, 0.2) is 39.8 Å². The van der Waals surface area contributed by atoms with Gasteiger partial charge < -0.3 is 9.40 Å². The largest absolute Gasteiger partial charge is 0.451 e. The summed E-state index contributed by atoms with van der Waals surface area (Å²) in [5.74, 6) is -0.00437. The van der Waals surface area contributed by atoms with E-state index in [4.69, 9.17) is 4.42 Å². The Hall–Kier alpha value is -2.43. The number of fused-ring (bicyclic) bond motifs is 1. The summed E-state index contributed by atoms with van der Waals surface area (Å²) in [5, 5.41) is 0.657. The number of rotatable bonds is 3. The summed E-state index contributed by atoms with van der Waals surface area (Å²) in [6.07, 6.45) is 2.74. The van der Waals surface area contributed by atoms with E-state index in [0.29, 0.717) is 28.8 Å². The van der Waals surface area contributed by atoms with Crippen molar-refractivity contribution >= 4 is 11.0 Å². The molecule has 0 amide bonds. The predicted molar refractivity (Wildman–Crippen MR) is 74.0 cm³/mol. The Morgan fingerprint density at radius 2 is 2.25 bits per heavy atom. The molecule has 102 valence electrons. The van der Waals surface area contributed by atoms with Crippen LogP contribution in [0.2, 0.25) is 0 Å². The minimum atomic E-state index is -0.421. The van der Waals surface area contributed by atoms with Gasteiger partial charge in [0.15, 0.2) is 17.2 Å². The molecule has 0 bridgehead atoms. The topological polar surface area (TPSA) is 58.9 Å². The second kappa shape index (κ2) is 4.92. The van der Waals surface area contributed by atoms with Gasteiger partial charge in [0.25, 0.3) is 5.56 Å². The zero-order valence-electron chi connectivity index (χ0n) is 10.9. The highest BCUT2D eigenvalue weighted by molar-refractivity contribution is 5.83. The number of hydrogen-bond donors (Lipinski definition) is 1. The van der Waals surface area contributed by atoms with Crippen LogP contribution in [0.3, 0.4) is 0 Å². The molecular weight excluding hydrogens is 259 g/mol. The fourth-order valence-corrected chi connectivity index (χ4v) is 2.27. The van der Waals surface area contributed by atoms with Crippen molar-refractivity contribution in [2.45, 2.75) is 19.8 Å². The summed E-state index contributed by atoms with van der Waals surface area (Å²) < 4.78 is 19.2. The fraction of sp³-hybridized carbons (Fsp3) is 0.200. The molecule has 0 fully saturated rings. The third-order valence-electron chi connectivity index (χ3n) is 3.18. The van der Waals surface area contributed by atoms with E-state index >= 15 is 0 Å². The molecule has 5 heteroatoms. The Morgan fingerprint density at radius 1 is 1.40 bits per heavy atom. The van der Waals surface area contributed by atoms with Crippen molar-refractivity contribution < 1.29 is 8.81 Å². The number of benzene rings is 1. The fourth-order valence-electron chi connectivity index (χ4n) is 2.27. The number of nitrogens with zero attached hydrogens (tertiary/aromatic N) is 1. The van der Waals surface area contributed by atoms with Crippen molar-refractivity contribution in [3.63, 3.8) is 0 Å². The van der Waals surface area contributed by atoms with Crippen LogP contribution < -0.4 is 5.56 Å². The minimum absolute atomic E-state index is 0.183. The van der Waals surface area contributed by atoms with Crippen LogP contribution in [-0.2, 0) is 6.42 Å². The maximum Gasteiger partial charge on any atom is 0.254 e. The molecular formula is C15H13FN2O2. The van der Waals surface area contributed by atoms with E-state index in [2.05, 4.69) is 9.97 Å². The van der Waals surface area contributed by atoms with Crippen LogP contribution in [0.4, 0.5) is 4.39 Å². The van der Waals surface area contributed by atoms with E-state index in [1.54, 1.807) is 18.2 Å². The lowest BCUT2D eigenvalue weighted by Gasteiger charge is -2.02. The van der Waals surface area contributed by atoms with Crippen molar-refractivity contribution in [3.8, 4) is 11.5 Å². The average Bonchev–Trinajstić information content (AvgIpc) is 2.86. The lowest BCUT2D eigenvalue weighted by atomic mass is 10.1. The molecule has 2 aromatic heterocycles. The van der Waals surface area contributed by atoms with Crippen molar-refractivity contribution in [2.75, 3.05) is 0 Å². The number of halogens is 1. The summed E-state index contributed by atoms with van der Waals surface area (Å²) in [6.45, 7) is 1.98. The van der Waals surface area contributed by atoms with Gasteiger partial charge in [0, 0.05) is 10.9 Å². The third-order valence-corrected chi connectivity index (χ3v) is 3.18. The number of hydrogen-bond acceptors (Lipinski definition) is 3. The Kier molecular flexibility index (Phi) is 3.10. The zero-order chi connectivity index (χ0) is 14.1. The average molecular weight is 272 g/mol. The highest BCUT2D eigenvalue weighted by Crippen LogP contribution is 2.29. The van der Waals surface area contributed by atoms with Gasteiger partial charge in [0.1, 0.15) is 5.69 Å². The molecule has 0 unspecified atom stereocenters. The van der Waals surface area contributed by atoms with Gasteiger partial charge in [0.2, 0.25) is 0 Å². The van der Waals surface area contributed by atoms with E-state index in [-0.39, 0.29) is 11.1 Å². The van der Waals surface area contributed by atoms with E-state index in [1.807, 2.05) is 6.92 Å². The summed E-state index contributed by atoms with van der Waals surface area (Å²) in [4.78, 5) is 18.6. The van der Waals surface area contributed by atoms with E-state index in [0.717, 1.165) is 6.42 Å². The van der Waals surface area contributed by atoms with Crippen LogP contribution in [0.5, 0.6) is 0 Å². The first-order valence-corrected chi connectivity index (χ1v) is 6.45. The summed E-state index contributed by atoms with van der Waals surface area (Å²) in [7, 11) is 0. The van der Waals surface area contributed by atoms with Crippen LogP contribution in [-0.4, -0.2) is 9.97 Å². The summed E-state index contributed by atoms with van der Waals surface area (Å²) in [5.41, 5.74) is 1.05. The first kappa shape index (κ1) is 12.6. The molecule has 0 saturated carbocycles. The van der Waals surface area contributed by atoms with Crippen molar-refractivity contribution in [1.82, 2.24) is 9.97 Å². The second-order valence-electron chi connectivity index (χ2n) is 4.58. The predicted octanol–water partition coefficient (Wildman–Crippen LogP) is 3.27. The maximum absolute atomic E-state index is 13.7. The lowest BCUT2D eigenvalue weighted by molar-refractivity contribution is 0.566. The first-order chi connectivity index (χ1) is 9.70. The van der Waals surface area contributed by atoms with Gasteiger partial charge in [-0.3, -0.25) is 4.79 Å². The number of aromatic nitrogens is 2. The Bertz CT molecular complexity index is 820. The number of nitrogens with one attached hydrogen (secondary N) is 1. The smallest absolute Gasteiger partial charge is 0.254 e. The van der Waals surface area contributed by atoms with Crippen molar-refractivity contribution in [1.29, 1.82) is 0 Å². The molecule has 0 aliphatic carbocycles. The SMILES string of the molecule is CCCc1c(-c2cc3cccc(F)c3o2)nc[nH]c1=O. The van der Waals surface area contributed by atoms with E-state index < -0.39 is 5.82 Å². The summed E-state index contributed by atoms with van der Waals surface area (Å²) in [6, 6.07) is 6.43. The number of para-hydroxylation sites is 1. The molecule has 0 atom stereocenters. The van der Waals surface area contributed by atoms with E-state index in [1.165, 1.54) is 12.4 Å². The Balaban J connectivity index is 2.23. The molecule has 0 aliphatic rings. The molecule has 0 radical (unpaired) electrons. The van der Waals surface area contributed by atoms with Gasteiger partial charge in [-0.1, -0.05) is 25.5 Å². The van der Waals surface area contributed by atoms with Crippen LogP contribution in [0.25, 0.3) is 22.4 Å². The van der Waals surface area contributed by atoms with E-state index in [9.17, 15) is 9.18 Å². The highest BCUT2D eigenvalue weighted by atomic mass is 19.1. The molecule has 1 aromatic carbocycles. The molecule has 2 heterocycles. The van der Waals surface area contributed by atoms with Gasteiger partial charge in [-0.05, 0) is 18.6 Å². The molecule has 0 saturated heterocycles. The first-order valence-electron chi connectivity index (χ1n) is 6.45. The van der Waals surface area contributed by atoms with Crippen molar-refractivity contribution in [2.24, 2.45) is 0 Å². The zero-order valence-corrected chi connectivity index (χ0v) is 10.9. The highest BCUT2D eigenvalue weighted by Gasteiger charge is 2.15. The molecule has 20 heavy (non-hydrogen) atoms. The second-order valence-corrected chi connectivity index (χ2v) is 4.58. The van der Waals surface area contributed by atoms with Gasteiger partial charge in [-0.2, -0.15) is 0 Å². The molecule has 0 spiro atoms. The molecule has 3 rings (SSSR count). The molecule has 4 nitrogen and oxygen atoms in total. The number of furan rings is 1. The van der Waals surface area contributed by atoms with Crippen LogP contribution in [0.1, 0.15) is 18.9 Å². The number of H-pyrrole nitrogens is 1. The minimum Gasteiger partial charge on any atom is -0.451 e. The van der Waals surface area contributed by atoms with Crippen LogP contribution >= 0.6 is 0 Å². The van der Waals surface area contributed by atoms with Gasteiger partial charge in [0.05, 0.1) is 6.33 Å². The van der Waals surface area contributed by atoms with Gasteiger partial charge >= 0.3 is 0 Å². The Morgan fingerprint density at radius 3 is 3.00 bits per heavy atom. The van der Waals surface area contributed by atoms with Crippen molar-refractivity contribution in [3.05, 3.63) is 52.3 Å². The Labute approximate surface area is 114 Å². The van der Waals surface area contributed by atoms with Gasteiger partial charge in [-0.15, -0.1) is 0 Å². The number of aromatic amines is 1. The standard InChI is InChI=1S/C15H13FN2O2/c1-2-4-10-13(17-8-18-15(10)19)12-7-9-5-3-6-11(16)14(9)20-12/h3,5-8H,2,4H2,1H3,(H,17,18,19). The normalized spacial score (nSPS) is 11.1. The van der Waals surface area contributed by atoms with Gasteiger partial charge in [-0.25, -0.2) is 9.37 Å². The maximum atomic E-state index is 13.7.